The van der Waals surface area contributed by atoms with Gasteiger partial charge in [-0.05, 0) is 18.2 Å². The van der Waals surface area contributed by atoms with E-state index in [1.165, 1.54) is 11.8 Å². The van der Waals surface area contributed by atoms with Gasteiger partial charge in [0.05, 0.1) is 12.6 Å². The molecule has 0 aliphatic heterocycles. The zero-order valence-electron chi connectivity index (χ0n) is 12.4. The van der Waals surface area contributed by atoms with E-state index < -0.39 is 22.5 Å². The zero-order valence-corrected chi connectivity index (χ0v) is 13.3. The summed E-state index contributed by atoms with van der Waals surface area (Å²) in [6, 6.07) is 6.77. The molecule has 0 aliphatic rings. The molecule has 3 aromatic rings. The molecule has 0 unspecified atom stereocenters. The predicted octanol–water partition coefficient (Wildman–Crippen LogP) is 1.32. The second-order valence-electron chi connectivity index (χ2n) is 4.84. The van der Waals surface area contributed by atoms with Crippen LogP contribution in [0.4, 0.5) is 8.78 Å². The van der Waals surface area contributed by atoms with Gasteiger partial charge >= 0.3 is 0 Å². The lowest BCUT2D eigenvalue weighted by atomic mass is 10.2. The molecule has 0 fully saturated rings. The molecule has 24 heavy (non-hydrogen) atoms. The number of ether oxygens (including phenoxy) is 1. The van der Waals surface area contributed by atoms with Gasteiger partial charge in [-0.25, -0.2) is 26.6 Å². The van der Waals surface area contributed by atoms with Crippen LogP contribution in [0.1, 0.15) is 5.56 Å². The van der Waals surface area contributed by atoms with Crippen LogP contribution in [0.15, 0.2) is 30.3 Å². The van der Waals surface area contributed by atoms with E-state index in [-0.39, 0.29) is 17.8 Å². The second-order valence-corrected chi connectivity index (χ2v) is 5.67. The van der Waals surface area contributed by atoms with Crippen LogP contribution >= 0.6 is 0 Å². The SMILES string of the molecule is COc1ccc2c(c1)nnn2-c1cc(F)c(CN[SH](=O)=O)cc1F. The second kappa shape index (κ2) is 6.49. The van der Waals surface area contributed by atoms with Crippen LogP contribution in [0.5, 0.6) is 5.75 Å². The molecule has 126 valence electrons. The number of hydrogen-bond donors (Lipinski definition) is 2. The maximum atomic E-state index is 14.3. The fourth-order valence-electron chi connectivity index (χ4n) is 2.23. The summed E-state index contributed by atoms with van der Waals surface area (Å²) >= 11 is 0. The molecule has 0 aliphatic carbocycles. The number of halogens is 2. The van der Waals surface area contributed by atoms with Crippen molar-refractivity contribution in [2.75, 3.05) is 7.11 Å². The normalized spacial score (nSPS) is 11.3. The van der Waals surface area contributed by atoms with E-state index in [4.69, 9.17) is 4.74 Å². The molecule has 1 heterocycles. The van der Waals surface area contributed by atoms with Crippen molar-refractivity contribution in [1.29, 1.82) is 0 Å². The van der Waals surface area contributed by atoms with E-state index in [2.05, 4.69) is 10.3 Å². The summed E-state index contributed by atoms with van der Waals surface area (Å²) in [5.74, 6) is -0.945. The minimum absolute atomic E-state index is 0.110. The van der Waals surface area contributed by atoms with Crippen LogP contribution in [0.3, 0.4) is 0 Å². The Bertz CT molecular complexity index is 980. The van der Waals surface area contributed by atoms with Crippen LogP contribution < -0.4 is 9.46 Å². The van der Waals surface area contributed by atoms with Gasteiger partial charge in [-0.15, -0.1) is 5.10 Å². The quantitative estimate of drug-likeness (QED) is 0.675. The first kappa shape index (κ1) is 16.3. The first-order valence-corrected chi connectivity index (χ1v) is 7.93. The molecule has 3 rings (SSSR count). The van der Waals surface area contributed by atoms with Crippen molar-refractivity contribution in [2.45, 2.75) is 6.54 Å². The molecular weight excluding hydrogens is 342 g/mol. The summed E-state index contributed by atoms with van der Waals surface area (Å²) in [6.07, 6.45) is 0. The Morgan fingerprint density at radius 2 is 2.00 bits per heavy atom. The van der Waals surface area contributed by atoms with E-state index in [9.17, 15) is 17.2 Å². The number of rotatable bonds is 5. The predicted molar refractivity (Wildman–Crippen MR) is 82.5 cm³/mol. The monoisotopic (exact) mass is 354 g/mol. The van der Waals surface area contributed by atoms with Crippen LogP contribution in [-0.4, -0.2) is 30.5 Å². The molecule has 7 nitrogen and oxygen atoms in total. The number of methoxy groups -OCH3 is 1. The minimum Gasteiger partial charge on any atom is -0.497 e. The summed E-state index contributed by atoms with van der Waals surface area (Å²) < 4.78 is 57.7. The standard InChI is InChI=1S/C14H12F2N4O3S/c1-23-9-2-3-13-12(5-9)18-19-20(13)14-6-10(15)8(4-11(14)16)7-17-24(21)22/h2-6,24H,7H2,1H3,(H,17,21,22). The summed E-state index contributed by atoms with van der Waals surface area (Å²) in [4.78, 5) is 0. The summed E-state index contributed by atoms with van der Waals surface area (Å²) in [7, 11) is -1.39. The fraction of sp³-hybridized carbons (Fsp3) is 0.143. The average Bonchev–Trinajstić information content (AvgIpc) is 2.97. The molecule has 10 heteroatoms. The van der Waals surface area contributed by atoms with E-state index >= 15 is 0 Å². The molecule has 0 amide bonds. The van der Waals surface area contributed by atoms with Crippen molar-refractivity contribution < 1.29 is 21.9 Å². The lowest BCUT2D eigenvalue weighted by molar-refractivity contribution is 0.415. The Labute approximate surface area is 136 Å². The highest BCUT2D eigenvalue weighted by Gasteiger charge is 2.15. The number of nitrogens with zero attached hydrogens (tertiary/aromatic N) is 3. The summed E-state index contributed by atoms with van der Waals surface area (Å²) in [5, 5.41) is 7.75. The maximum absolute atomic E-state index is 14.3. The van der Waals surface area contributed by atoms with E-state index in [1.54, 1.807) is 18.2 Å². The maximum Gasteiger partial charge on any atom is 0.201 e. The van der Waals surface area contributed by atoms with Gasteiger partial charge in [0.15, 0.2) is 0 Å². The fourth-order valence-corrected chi connectivity index (χ4v) is 2.53. The molecule has 0 atom stereocenters. The molecular formula is C14H12F2N4O3S. The number of aromatic nitrogens is 3. The Morgan fingerprint density at radius 1 is 1.21 bits per heavy atom. The summed E-state index contributed by atoms with van der Waals surface area (Å²) in [5.41, 5.74) is 0.697. The van der Waals surface area contributed by atoms with Crippen molar-refractivity contribution in [3.63, 3.8) is 0 Å². The van der Waals surface area contributed by atoms with Gasteiger partial charge in [0.2, 0.25) is 10.9 Å². The number of thiol groups is 1. The molecule has 1 aromatic heterocycles. The van der Waals surface area contributed by atoms with Gasteiger partial charge in [0.25, 0.3) is 0 Å². The Morgan fingerprint density at radius 3 is 2.71 bits per heavy atom. The Hall–Kier alpha value is -2.59. The molecule has 0 saturated heterocycles. The summed E-state index contributed by atoms with van der Waals surface area (Å²) in [6.45, 7) is -0.336. The van der Waals surface area contributed by atoms with Crippen molar-refractivity contribution in [2.24, 2.45) is 0 Å². The van der Waals surface area contributed by atoms with Crippen molar-refractivity contribution in [3.05, 3.63) is 47.5 Å². The highest BCUT2D eigenvalue weighted by molar-refractivity contribution is 7.70. The third-order valence-electron chi connectivity index (χ3n) is 3.40. The Kier molecular flexibility index (Phi) is 4.40. The van der Waals surface area contributed by atoms with E-state index in [0.29, 0.717) is 16.8 Å². The number of hydrogen-bond acceptors (Lipinski definition) is 5. The first-order chi connectivity index (χ1) is 11.5. The van der Waals surface area contributed by atoms with Crippen molar-refractivity contribution in [1.82, 2.24) is 19.7 Å². The van der Waals surface area contributed by atoms with E-state index in [0.717, 1.165) is 12.1 Å². The molecule has 0 saturated carbocycles. The molecule has 0 spiro atoms. The smallest absolute Gasteiger partial charge is 0.201 e. The van der Waals surface area contributed by atoms with Gasteiger partial charge in [-0.3, -0.25) is 0 Å². The lowest BCUT2D eigenvalue weighted by Crippen LogP contribution is -2.13. The molecule has 2 aromatic carbocycles. The van der Waals surface area contributed by atoms with Crippen LogP contribution in [0, 0.1) is 11.6 Å². The number of nitrogens with one attached hydrogen (secondary N) is 1. The van der Waals surface area contributed by atoms with Gasteiger partial charge in [0, 0.05) is 24.2 Å². The minimum atomic E-state index is -2.90. The van der Waals surface area contributed by atoms with Crippen LogP contribution in [-0.2, 0) is 17.4 Å². The topological polar surface area (TPSA) is 86.1 Å². The highest BCUT2D eigenvalue weighted by Crippen LogP contribution is 2.24. The Balaban J connectivity index is 2.05. The van der Waals surface area contributed by atoms with Crippen molar-refractivity contribution in [3.8, 4) is 11.4 Å². The molecule has 1 N–H and O–H groups in total. The third kappa shape index (κ3) is 3.05. The largest absolute Gasteiger partial charge is 0.497 e. The van der Waals surface area contributed by atoms with Gasteiger partial charge < -0.3 is 4.74 Å². The van der Waals surface area contributed by atoms with E-state index in [1.807, 2.05) is 4.72 Å². The van der Waals surface area contributed by atoms with Crippen molar-refractivity contribution >= 4 is 21.9 Å². The van der Waals surface area contributed by atoms with Crippen LogP contribution in [0.25, 0.3) is 16.7 Å². The molecule has 0 bridgehead atoms. The molecule has 0 radical (unpaired) electrons. The van der Waals surface area contributed by atoms with Gasteiger partial charge in [0.1, 0.15) is 28.6 Å². The third-order valence-corrected chi connectivity index (χ3v) is 3.81. The van der Waals surface area contributed by atoms with Gasteiger partial charge in [-0.2, -0.15) is 0 Å². The van der Waals surface area contributed by atoms with Gasteiger partial charge in [-0.1, -0.05) is 5.21 Å². The number of benzene rings is 2. The first-order valence-electron chi connectivity index (χ1n) is 6.75. The number of fused-ring (bicyclic) bond motifs is 1. The van der Waals surface area contributed by atoms with Crippen LogP contribution in [0.2, 0.25) is 0 Å². The zero-order chi connectivity index (χ0) is 17.3. The lowest BCUT2D eigenvalue weighted by Gasteiger charge is -2.08. The average molecular weight is 354 g/mol. The highest BCUT2D eigenvalue weighted by atomic mass is 32.2.